The van der Waals surface area contributed by atoms with Gasteiger partial charge in [-0.2, -0.15) is 0 Å². The molecule has 140 valence electrons. The number of ether oxygens (including phenoxy) is 1. The van der Waals surface area contributed by atoms with E-state index in [-0.39, 0.29) is 17.0 Å². The number of hydrogen-bond acceptors (Lipinski definition) is 2. The Balaban J connectivity index is 0.00000210. The van der Waals surface area contributed by atoms with Gasteiger partial charge in [-0.15, -0.1) is 17.0 Å². The molecule has 0 aliphatic carbocycles. The molecule has 2 heterocycles. The summed E-state index contributed by atoms with van der Waals surface area (Å²) in [7, 11) is 0. The van der Waals surface area contributed by atoms with Crippen molar-refractivity contribution in [3.05, 3.63) is 72.1 Å². The van der Waals surface area contributed by atoms with Gasteiger partial charge in [-0.3, -0.25) is 4.98 Å². The van der Waals surface area contributed by atoms with Crippen LogP contribution in [0.2, 0.25) is 0 Å². The van der Waals surface area contributed by atoms with E-state index in [1.54, 1.807) is 0 Å². The van der Waals surface area contributed by atoms with Crippen LogP contribution in [0.15, 0.2) is 60.8 Å². The molecule has 0 amide bonds. The largest absolute Gasteiger partial charge is 0.489 e. The summed E-state index contributed by atoms with van der Waals surface area (Å²) in [5.41, 5.74) is 4.70. The zero-order valence-electron chi connectivity index (χ0n) is 16.0. The Hall–Kier alpha value is -2.33. The van der Waals surface area contributed by atoms with Gasteiger partial charge in [0.1, 0.15) is 12.4 Å². The van der Waals surface area contributed by atoms with Crippen molar-refractivity contribution in [1.82, 2.24) is 9.55 Å². The summed E-state index contributed by atoms with van der Waals surface area (Å²) in [5.74, 6) is 1.46. The second-order valence-electron chi connectivity index (χ2n) is 7.25. The van der Waals surface area contributed by atoms with Gasteiger partial charge < -0.3 is 9.30 Å². The zero-order valence-corrected chi connectivity index (χ0v) is 17.7. The molecule has 0 unspecified atom stereocenters. The van der Waals surface area contributed by atoms with Crippen LogP contribution in [0.1, 0.15) is 25.1 Å². The number of aromatic nitrogens is 2. The van der Waals surface area contributed by atoms with E-state index in [4.69, 9.17) is 4.74 Å². The van der Waals surface area contributed by atoms with E-state index in [9.17, 15) is 0 Å². The van der Waals surface area contributed by atoms with Crippen molar-refractivity contribution in [1.29, 1.82) is 0 Å². The Kier molecular flexibility index (Phi) is 5.85. The molecule has 0 aliphatic rings. The van der Waals surface area contributed by atoms with E-state index in [0.29, 0.717) is 12.5 Å². The summed E-state index contributed by atoms with van der Waals surface area (Å²) >= 11 is 0. The molecule has 0 saturated carbocycles. The van der Waals surface area contributed by atoms with Crippen molar-refractivity contribution >= 4 is 38.8 Å². The zero-order chi connectivity index (χ0) is 18.1. The maximum Gasteiger partial charge on any atom is 0.121 e. The summed E-state index contributed by atoms with van der Waals surface area (Å²) in [6.07, 6.45) is 1.90. The van der Waals surface area contributed by atoms with Crippen LogP contribution in [0.5, 0.6) is 5.75 Å². The molecular weight excluding hydrogens is 400 g/mol. The van der Waals surface area contributed by atoms with Crippen molar-refractivity contribution < 1.29 is 4.74 Å². The maximum absolute atomic E-state index is 6.06. The standard InChI is InChI=1S/C23H24N2O.BrH/c1-16(2)14-25-22-13-19(26-15-18-7-5-4-6-8-18)9-10-20(22)21-11-12-24-17(3)23(21)25;/h4-13,16H,14-15H2,1-3H3;1H. The van der Waals surface area contributed by atoms with Gasteiger partial charge in [-0.05, 0) is 36.6 Å². The lowest BCUT2D eigenvalue weighted by atomic mass is 10.1. The first-order chi connectivity index (χ1) is 12.6. The number of aryl methyl sites for hydroxylation is 1. The number of nitrogens with zero attached hydrogens (tertiary/aromatic N) is 2. The summed E-state index contributed by atoms with van der Waals surface area (Å²) in [6.45, 7) is 8.13. The highest BCUT2D eigenvalue weighted by molar-refractivity contribution is 8.93. The SMILES string of the molecule is Br.Cc1nccc2c3ccc(OCc4ccccc4)cc3n(CC(C)C)c12. The third-order valence-electron chi connectivity index (χ3n) is 4.72. The van der Waals surface area contributed by atoms with E-state index < -0.39 is 0 Å². The molecular formula is C23H25BrN2O. The minimum Gasteiger partial charge on any atom is -0.489 e. The van der Waals surface area contributed by atoms with Crippen LogP contribution in [0.4, 0.5) is 0 Å². The Bertz CT molecular complexity index is 1050. The fourth-order valence-corrected chi connectivity index (χ4v) is 3.59. The molecule has 4 heteroatoms. The molecule has 0 saturated heterocycles. The predicted molar refractivity (Wildman–Crippen MR) is 118 cm³/mol. The van der Waals surface area contributed by atoms with Gasteiger partial charge in [0.25, 0.3) is 0 Å². The molecule has 0 aliphatic heterocycles. The van der Waals surface area contributed by atoms with Crippen LogP contribution in [-0.2, 0) is 13.2 Å². The summed E-state index contributed by atoms with van der Waals surface area (Å²) < 4.78 is 8.45. The van der Waals surface area contributed by atoms with Gasteiger partial charge >= 0.3 is 0 Å². The average molecular weight is 425 g/mol. The number of hydrogen-bond donors (Lipinski definition) is 0. The predicted octanol–water partition coefficient (Wildman–Crippen LogP) is 6.31. The van der Waals surface area contributed by atoms with Crippen LogP contribution in [0.3, 0.4) is 0 Å². The van der Waals surface area contributed by atoms with Crippen LogP contribution >= 0.6 is 17.0 Å². The van der Waals surface area contributed by atoms with Gasteiger partial charge in [0, 0.05) is 29.6 Å². The minimum atomic E-state index is 0. The maximum atomic E-state index is 6.06. The number of rotatable bonds is 5. The molecule has 4 aromatic rings. The monoisotopic (exact) mass is 424 g/mol. The van der Waals surface area contributed by atoms with Gasteiger partial charge in [0.05, 0.1) is 16.7 Å². The first-order valence-electron chi connectivity index (χ1n) is 9.18. The Morgan fingerprint density at radius 2 is 1.78 bits per heavy atom. The van der Waals surface area contributed by atoms with E-state index in [0.717, 1.165) is 18.0 Å². The second kappa shape index (κ2) is 8.13. The summed E-state index contributed by atoms with van der Waals surface area (Å²) in [4.78, 5) is 4.52. The van der Waals surface area contributed by atoms with Gasteiger partial charge in [0.2, 0.25) is 0 Å². The number of benzene rings is 2. The molecule has 0 spiro atoms. The van der Waals surface area contributed by atoms with Crippen molar-refractivity contribution in [3.8, 4) is 5.75 Å². The van der Waals surface area contributed by atoms with Crippen molar-refractivity contribution in [2.24, 2.45) is 5.92 Å². The quantitative estimate of drug-likeness (QED) is 0.375. The normalized spacial score (nSPS) is 11.1. The number of pyridine rings is 1. The average Bonchev–Trinajstić information content (AvgIpc) is 2.95. The third-order valence-corrected chi connectivity index (χ3v) is 4.72. The fourth-order valence-electron chi connectivity index (χ4n) is 3.59. The summed E-state index contributed by atoms with van der Waals surface area (Å²) in [5, 5.41) is 2.53. The van der Waals surface area contributed by atoms with Gasteiger partial charge in [0.15, 0.2) is 0 Å². The molecule has 2 aromatic heterocycles. The molecule has 2 aromatic carbocycles. The Morgan fingerprint density at radius 1 is 1.00 bits per heavy atom. The van der Waals surface area contributed by atoms with E-state index in [2.05, 4.69) is 66.7 Å². The highest BCUT2D eigenvalue weighted by atomic mass is 79.9. The van der Waals surface area contributed by atoms with Crippen LogP contribution in [0, 0.1) is 12.8 Å². The van der Waals surface area contributed by atoms with Crippen molar-refractivity contribution in [2.45, 2.75) is 33.9 Å². The lowest BCUT2D eigenvalue weighted by Crippen LogP contribution is -2.05. The highest BCUT2D eigenvalue weighted by Crippen LogP contribution is 2.33. The first-order valence-corrected chi connectivity index (χ1v) is 9.18. The van der Waals surface area contributed by atoms with Crippen molar-refractivity contribution in [2.75, 3.05) is 0 Å². The third kappa shape index (κ3) is 3.86. The smallest absolute Gasteiger partial charge is 0.121 e. The Labute approximate surface area is 170 Å². The fraction of sp³-hybridized carbons (Fsp3) is 0.261. The van der Waals surface area contributed by atoms with Gasteiger partial charge in [-0.1, -0.05) is 44.2 Å². The molecule has 0 fully saturated rings. The second-order valence-corrected chi connectivity index (χ2v) is 7.25. The molecule has 3 nitrogen and oxygen atoms in total. The highest BCUT2D eigenvalue weighted by Gasteiger charge is 2.14. The minimum absolute atomic E-state index is 0. The molecule has 0 atom stereocenters. The van der Waals surface area contributed by atoms with Crippen molar-refractivity contribution in [3.63, 3.8) is 0 Å². The Morgan fingerprint density at radius 3 is 2.52 bits per heavy atom. The van der Waals surface area contributed by atoms with Crippen LogP contribution < -0.4 is 4.74 Å². The van der Waals surface area contributed by atoms with E-state index >= 15 is 0 Å². The number of halogens is 1. The lowest BCUT2D eigenvalue weighted by molar-refractivity contribution is 0.306. The molecule has 4 rings (SSSR count). The first kappa shape index (κ1) is 19.4. The molecule has 27 heavy (non-hydrogen) atoms. The van der Waals surface area contributed by atoms with E-state index in [1.165, 1.54) is 27.4 Å². The van der Waals surface area contributed by atoms with Gasteiger partial charge in [-0.25, -0.2) is 0 Å². The molecule has 0 radical (unpaired) electrons. The molecule has 0 N–H and O–H groups in total. The lowest BCUT2D eigenvalue weighted by Gasteiger charge is -2.12. The van der Waals surface area contributed by atoms with E-state index in [1.807, 2.05) is 24.4 Å². The van der Waals surface area contributed by atoms with Crippen LogP contribution in [0.25, 0.3) is 21.8 Å². The molecule has 0 bridgehead atoms. The summed E-state index contributed by atoms with van der Waals surface area (Å²) in [6, 6.07) is 18.8. The topological polar surface area (TPSA) is 27.1 Å². The van der Waals surface area contributed by atoms with Crippen LogP contribution in [-0.4, -0.2) is 9.55 Å². The number of fused-ring (bicyclic) bond motifs is 3.